The molecule has 0 fully saturated rings. The van der Waals surface area contributed by atoms with Gasteiger partial charge in [0.15, 0.2) is 5.58 Å². The fourth-order valence-corrected chi connectivity index (χ4v) is 3.07. The Hall–Kier alpha value is -2.67. The van der Waals surface area contributed by atoms with E-state index in [0.717, 1.165) is 22.4 Å². The molecule has 0 amide bonds. The van der Waals surface area contributed by atoms with E-state index >= 15 is 0 Å². The zero-order chi connectivity index (χ0) is 16.4. The summed E-state index contributed by atoms with van der Waals surface area (Å²) in [5.74, 6) is 0.357. The van der Waals surface area contributed by atoms with Crippen molar-refractivity contribution in [3.8, 4) is 0 Å². The third-order valence-corrected chi connectivity index (χ3v) is 4.30. The predicted molar refractivity (Wildman–Crippen MR) is 89.1 cm³/mol. The minimum atomic E-state index is -0.251. The molecule has 120 valence electrons. The summed E-state index contributed by atoms with van der Waals surface area (Å²) in [5, 5.41) is 8.82. The van der Waals surface area contributed by atoms with E-state index in [1.54, 1.807) is 10.7 Å². The molecule has 24 heavy (non-hydrogen) atoms. The first kappa shape index (κ1) is 14.9. The van der Waals surface area contributed by atoms with Crippen molar-refractivity contribution in [1.82, 2.24) is 20.0 Å². The highest BCUT2D eigenvalue weighted by molar-refractivity contribution is 7.98. The standard InChI is InChI=1S/C17H13FN4OS/c18-13-5-3-4-12(8-13)9-22-10-14(20-21-22)11-24-17-19-15-6-1-2-7-16(15)23-17/h1-8,10H,9,11H2. The number of fused-ring (bicyclic) bond motifs is 1. The highest BCUT2D eigenvalue weighted by Crippen LogP contribution is 2.25. The fourth-order valence-electron chi connectivity index (χ4n) is 2.35. The summed E-state index contributed by atoms with van der Waals surface area (Å²) < 4.78 is 20.6. The van der Waals surface area contributed by atoms with E-state index in [9.17, 15) is 4.39 Å². The molecule has 0 bridgehead atoms. The maximum absolute atomic E-state index is 13.2. The van der Waals surface area contributed by atoms with Crippen molar-refractivity contribution in [1.29, 1.82) is 0 Å². The van der Waals surface area contributed by atoms with Gasteiger partial charge in [-0.25, -0.2) is 14.1 Å². The van der Waals surface area contributed by atoms with Crippen LogP contribution in [0.15, 0.2) is 64.4 Å². The Bertz CT molecular complexity index is 948. The lowest BCUT2D eigenvalue weighted by atomic mass is 10.2. The lowest BCUT2D eigenvalue weighted by Gasteiger charge is -2.00. The lowest BCUT2D eigenvalue weighted by molar-refractivity contribution is 0.489. The van der Waals surface area contributed by atoms with Crippen LogP contribution in [0.25, 0.3) is 11.1 Å². The van der Waals surface area contributed by atoms with Crippen LogP contribution in [0.1, 0.15) is 11.3 Å². The average Bonchev–Trinajstić information content (AvgIpc) is 3.19. The number of rotatable bonds is 5. The summed E-state index contributed by atoms with van der Waals surface area (Å²) in [6, 6.07) is 14.1. The van der Waals surface area contributed by atoms with Crippen molar-refractivity contribution in [2.45, 2.75) is 17.5 Å². The number of para-hydroxylation sites is 2. The SMILES string of the molecule is Fc1cccc(Cn2cc(CSc3nc4ccccc4o3)nn2)c1. The van der Waals surface area contributed by atoms with Gasteiger partial charge in [-0.3, -0.25) is 0 Å². The monoisotopic (exact) mass is 340 g/mol. The molecular formula is C17H13FN4OS. The molecule has 5 nitrogen and oxygen atoms in total. The van der Waals surface area contributed by atoms with Gasteiger partial charge in [0.05, 0.1) is 12.2 Å². The summed E-state index contributed by atoms with van der Waals surface area (Å²) in [6.07, 6.45) is 1.85. The third kappa shape index (κ3) is 3.30. The largest absolute Gasteiger partial charge is 0.431 e. The number of nitrogens with zero attached hydrogens (tertiary/aromatic N) is 4. The van der Waals surface area contributed by atoms with Crippen molar-refractivity contribution < 1.29 is 8.81 Å². The van der Waals surface area contributed by atoms with E-state index < -0.39 is 0 Å². The van der Waals surface area contributed by atoms with Gasteiger partial charge in [0.1, 0.15) is 11.3 Å². The quantitative estimate of drug-likeness (QED) is 0.516. The molecule has 0 unspecified atom stereocenters. The average molecular weight is 340 g/mol. The minimum Gasteiger partial charge on any atom is -0.431 e. The van der Waals surface area contributed by atoms with Gasteiger partial charge in [0.2, 0.25) is 0 Å². The van der Waals surface area contributed by atoms with E-state index in [0.29, 0.717) is 17.5 Å². The predicted octanol–water partition coefficient (Wildman–Crippen LogP) is 3.90. The number of hydrogen-bond donors (Lipinski definition) is 0. The molecule has 0 aliphatic rings. The number of halogens is 1. The van der Waals surface area contributed by atoms with E-state index in [4.69, 9.17) is 4.42 Å². The van der Waals surface area contributed by atoms with E-state index in [2.05, 4.69) is 15.3 Å². The molecule has 0 radical (unpaired) electrons. The molecule has 2 aromatic heterocycles. The first-order valence-corrected chi connectivity index (χ1v) is 8.37. The summed E-state index contributed by atoms with van der Waals surface area (Å²) in [6.45, 7) is 0.484. The molecule has 0 atom stereocenters. The number of thioether (sulfide) groups is 1. The highest BCUT2D eigenvalue weighted by atomic mass is 32.2. The van der Waals surface area contributed by atoms with Gasteiger partial charge in [-0.1, -0.05) is 41.2 Å². The maximum atomic E-state index is 13.2. The van der Waals surface area contributed by atoms with Crippen LogP contribution in [0, 0.1) is 5.82 Å². The van der Waals surface area contributed by atoms with Crippen molar-refractivity contribution in [3.63, 3.8) is 0 Å². The first-order chi connectivity index (χ1) is 11.8. The Morgan fingerprint density at radius 2 is 2.04 bits per heavy atom. The molecule has 2 heterocycles. The van der Waals surface area contributed by atoms with Crippen LogP contribution in [0.5, 0.6) is 0 Å². The molecule has 0 aliphatic carbocycles. The molecule has 0 spiro atoms. The minimum absolute atomic E-state index is 0.251. The van der Waals surface area contributed by atoms with Crippen molar-refractivity contribution in [2.75, 3.05) is 0 Å². The molecule has 0 saturated carbocycles. The Morgan fingerprint density at radius 3 is 2.92 bits per heavy atom. The summed E-state index contributed by atoms with van der Waals surface area (Å²) >= 11 is 1.47. The molecular weight excluding hydrogens is 327 g/mol. The Labute approximate surface area is 141 Å². The normalized spacial score (nSPS) is 11.2. The smallest absolute Gasteiger partial charge is 0.257 e. The van der Waals surface area contributed by atoms with Gasteiger partial charge in [-0.05, 0) is 29.8 Å². The molecule has 4 rings (SSSR count). The van der Waals surface area contributed by atoms with Gasteiger partial charge in [0.25, 0.3) is 5.22 Å². The van der Waals surface area contributed by atoms with Crippen molar-refractivity contribution in [2.24, 2.45) is 0 Å². The molecule has 4 aromatic rings. The van der Waals surface area contributed by atoms with Crippen LogP contribution in [0.3, 0.4) is 0 Å². The van der Waals surface area contributed by atoms with Gasteiger partial charge < -0.3 is 4.42 Å². The fraction of sp³-hybridized carbons (Fsp3) is 0.118. The van der Waals surface area contributed by atoms with Gasteiger partial charge in [0, 0.05) is 11.9 Å². The molecule has 0 aliphatic heterocycles. The first-order valence-electron chi connectivity index (χ1n) is 7.38. The second-order valence-electron chi connectivity index (χ2n) is 5.27. The van der Waals surface area contributed by atoms with Gasteiger partial charge in [-0.2, -0.15) is 0 Å². The third-order valence-electron chi connectivity index (χ3n) is 3.44. The second-order valence-corrected chi connectivity index (χ2v) is 6.20. The maximum Gasteiger partial charge on any atom is 0.257 e. The van der Waals surface area contributed by atoms with Crippen molar-refractivity contribution >= 4 is 22.9 Å². The summed E-state index contributed by atoms with van der Waals surface area (Å²) in [7, 11) is 0. The zero-order valence-corrected chi connectivity index (χ0v) is 13.4. The summed E-state index contributed by atoms with van der Waals surface area (Å²) in [4.78, 5) is 4.41. The van der Waals surface area contributed by atoms with E-state index in [-0.39, 0.29) is 5.82 Å². The van der Waals surface area contributed by atoms with E-state index in [1.807, 2.05) is 36.5 Å². The topological polar surface area (TPSA) is 56.7 Å². The molecule has 0 N–H and O–H groups in total. The van der Waals surface area contributed by atoms with Crippen LogP contribution in [-0.2, 0) is 12.3 Å². The molecule has 2 aromatic carbocycles. The number of oxazole rings is 1. The molecule has 0 saturated heterocycles. The van der Waals surface area contributed by atoms with Gasteiger partial charge >= 0.3 is 0 Å². The molecule has 7 heteroatoms. The van der Waals surface area contributed by atoms with Crippen LogP contribution in [-0.4, -0.2) is 20.0 Å². The lowest BCUT2D eigenvalue weighted by Crippen LogP contribution is -2.00. The highest BCUT2D eigenvalue weighted by Gasteiger charge is 2.08. The zero-order valence-electron chi connectivity index (χ0n) is 12.6. The van der Waals surface area contributed by atoms with E-state index in [1.165, 1.54) is 23.9 Å². The van der Waals surface area contributed by atoms with Crippen LogP contribution in [0.4, 0.5) is 4.39 Å². The van der Waals surface area contributed by atoms with Crippen LogP contribution in [0.2, 0.25) is 0 Å². The van der Waals surface area contributed by atoms with Crippen molar-refractivity contribution in [3.05, 3.63) is 71.8 Å². The number of hydrogen-bond acceptors (Lipinski definition) is 5. The summed E-state index contributed by atoms with van der Waals surface area (Å²) in [5.41, 5.74) is 3.28. The second kappa shape index (κ2) is 6.45. The Morgan fingerprint density at radius 1 is 1.12 bits per heavy atom. The van der Waals surface area contributed by atoms with Gasteiger partial charge in [-0.15, -0.1) is 5.10 Å². The Balaban J connectivity index is 1.41. The number of benzene rings is 2. The van der Waals surface area contributed by atoms with Crippen LogP contribution >= 0.6 is 11.8 Å². The Kier molecular flexibility index (Phi) is 4.00. The number of aromatic nitrogens is 4. The van der Waals surface area contributed by atoms with Crippen LogP contribution < -0.4 is 0 Å².